The second kappa shape index (κ2) is 7.36. The van der Waals surface area contributed by atoms with Crippen LogP contribution in [0.1, 0.15) is 24.8 Å². The van der Waals surface area contributed by atoms with E-state index < -0.39 is 0 Å². The highest BCUT2D eigenvalue weighted by molar-refractivity contribution is 5.32. The van der Waals surface area contributed by atoms with Crippen LogP contribution in [-0.2, 0) is 6.42 Å². The van der Waals surface area contributed by atoms with Gasteiger partial charge in [-0.2, -0.15) is 0 Å². The zero-order chi connectivity index (χ0) is 14.4. The van der Waals surface area contributed by atoms with Crippen molar-refractivity contribution in [2.45, 2.75) is 25.7 Å². The average molecular weight is 277 g/mol. The van der Waals surface area contributed by atoms with Gasteiger partial charge in [0.25, 0.3) is 5.69 Å². The fraction of sp³-hybridized carbons (Fsp3) is 0.600. The highest BCUT2D eigenvalue weighted by atomic mass is 16.6. The third-order valence-corrected chi connectivity index (χ3v) is 4.04. The number of benzene rings is 1. The van der Waals surface area contributed by atoms with E-state index in [1.807, 2.05) is 12.1 Å². The fourth-order valence-electron chi connectivity index (χ4n) is 2.90. The molecular weight excluding hydrogens is 254 g/mol. The molecule has 0 bridgehead atoms. The second-order valence-electron chi connectivity index (χ2n) is 5.56. The van der Waals surface area contributed by atoms with E-state index in [4.69, 9.17) is 5.73 Å². The first-order chi connectivity index (χ1) is 9.69. The molecule has 1 unspecified atom stereocenters. The Kier molecular flexibility index (Phi) is 5.49. The van der Waals surface area contributed by atoms with Crippen LogP contribution in [0.25, 0.3) is 0 Å². The molecule has 0 aromatic heterocycles. The van der Waals surface area contributed by atoms with Gasteiger partial charge in [0, 0.05) is 25.2 Å². The number of nitro benzene ring substituents is 1. The van der Waals surface area contributed by atoms with Crippen LogP contribution in [0.4, 0.5) is 5.69 Å². The van der Waals surface area contributed by atoms with Crippen LogP contribution in [-0.4, -0.2) is 36.0 Å². The van der Waals surface area contributed by atoms with E-state index in [1.54, 1.807) is 12.1 Å². The molecule has 0 aliphatic carbocycles. The van der Waals surface area contributed by atoms with Crippen LogP contribution in [0.5, 0.6) is 0 Å². The first kappa shape index (κ1) is 14.9. The van der Waals surface area contributed by atoms with Gasteiger partial charge in [-0.25, -0.2) is 0 Å². The summed E-state index contributed by atoms with van der Waals surface area (Å²) in [6.07, 6.45) is 4.62. The van der Waals surface area contributed by atoms with Crippen molar-refractivity contribution >= 4 is 5.69 Å². The predicted molar refractivity (Wildman–Crippen MR) is 79.6 cm³/mol. The summed E-state index contributed by atoms with van der Waals surface area (Å²) >= 11 is 0. The summed E-state index contributed by atoms with van der Waals surface area (Å²) in [4.78, 5) is 12.7. The van der Waals surface area contributed by atoms with Gasteiger partial charge in [-0.3, -0.25) is 10.1 Å². The zero-order valence-corrected chi connectivity index (χ0v) is 11.8. The Balaban J connectivity index is 1.80. The number of hydrogen-bond donors (Lipinski definition) is 1. The maximum atomic E-state index is 10.6. The van der Waals surface area contributed by atoms with E-state index in [-0.39, 0.29) is 10.6 Å². The maximum absolute atomic E-state index is 10.6. The Morgan fingerprint density at radius 3 is 2.75 bits per heavy atom. The lowest BCUT2D eigenvalue weighted by molar-refractivity contribution is -0.384. The summed E-state index contributed by atoms with van der Waals surface area (Å²) in [6, 6.07) is 6.89. The van der Waals surface area contributed by atoms with Gasteiger partial charge in [0.15, 0.2) is 0 Å². The molecule has 5 nitrogen and oxygen atoms in total. The molecule has 1 fully saturated rings. The molecule has 1 atom stereocenters. The van der Waals surface area contributed by atoms with Crippen LogP contribution >= 0.6 is 0 Å². The van der Waals surface area contributed by atoms with Gasteiger partial charge in [0.2, 0.25) is 0 Å². The molecule has 0 amide bonds. The lowest BCUT2D eigenvalue weighted by Crippen LogP contribution is -2.37. The molecule has 1 aliphatic heterocycles. The van der Waals surface area contributed by atoms with E-state index in [9.17, 15) is 10.1 Å². The standard InChI is InChI=1S/C15H23N3O2/c16-9-7-14-2-1-10-17(12-14)11-8-13-3-5-15(6-4-13)18(19)20/h3-6,14H,1-2,7-12,16H2. The number of non-ortho nitro benzene ring substituents is 1. The van der Waals surface area contributed by atoms with Crippen LogP contribution in [0.15, 0.2) is 24.3 Å². The number of nitrogens with zero attached hydrogens (tertiary/aromatic N) is 2. The normalized spacial score (nSPS) is 19.9. The largest absolute Gasteiger partial charge is 0.330 e. The lowest BCUT2D eigenvalue weighted by Gasteiger charge is -2.32. The molecule has 5 heteroatoms. The topological polar surface area (TPSA) is 72.4 Å². The van der Waals surface area contributed by atoms with E-state index in [2.05, 4.69) is 4.90 Å². The second-order valence-corrected chi connectivity index (χ2v) is 5.56. The average Bonchev–Trinajstić information content (AvgIpc) is 2.46. The predicted octanol–water partition coefficient (Wildman–Crippen LogP) is 2.20. The van der Waals surface area contributed by atoms with Crippen molar-refractivity contribution in [2.75, 3.05) is 26.2 Å². The minimum Gasteiger partial charge on any atom is -0.330 e. The molecule has 0 radical (unpaired) electrons. The Bertz CT molecular complexity index is 431. The van der Waals surface area contributed by atoms with Crippen LogP contribution in [0.2, 0.25) is 0 Å². The monoisotopic (exact) mass is 277 g/mol. The van der Waals surface area contributed by atoms with Gasteiger partial charge >= 0.3 is 0 Å². The minimum absolute atomic E-state index is 0.162. The molecule has 110 valence electrons. The lowest BCUT2D eigenvalue weighted by atomic mass is 9.94. The number of hydrogen-bond acceptors (Lipinski definition) is 4. The number of nitrogens with two attached hydrogens (primary N) is 1. The molecule has 1 saturated heterocycles. The van der Waals surface area contributed by atoms with Crippen molar-refractivity contribution in [1.82, 2.24) is 4.90 Å². The summed E-state index contributed by atoms with van der Waals surface area (Å²) in [5.74, 6) is 0.741. The third kappa shape index (κ3) is 4.28. The Hall–Kier alpha value is -1.46. The van der Waals surface area contributed by atoms with Crippen molar-refractivity contribution in [3.63, 3.8) is 0 Å². The Morgan fingerprint density at radius 1 is 1.35 bits per heavy atom. The van der Waals surface area contributed by atoms with E-state index >= 15 is 0 Å². The highest BCUT2D eigenvalue weighted by Gasteiger charge is 2.18. The SMILES string of the molecule is NCCC1CCCN(CCc2ccc([N+](=O)[O-])cc2)C1. The Morgan fingerprint density at radius 2 is 2.10 bits per heavy atom. The van der Waals surface area contributed by atoms with Gasteiger partial charge in [0.05, 0.1) is 4.92 Å². The van der Waals surface area contributed by atoms with Gasteiger partial charge in [0.1, 0.15) is 0 Å². The summed E-state index contributed by atoms with van der Waals surface area (Å²) in [6.45, 7) is 4.11. The molecule has 2 N–H and O–H groups in total. The van der Waals surface area contributed by atoms with Gasteiger partial charge in [-0.15, -0.1) is 0 Å². The highest BCUT2D eigenvalue weighted by Crippen LogP contribution is 2.19. The van der Waals surface area contributed by atoms with Crippen LogP contribution in [0.3, 0.4) is 0 Å². The van der Waals surface area contributed by atoms with Crippen LogP contribution in [0, 0.1) is 16.0 Å². The number of piperidine rings is 1. The molecule has 0 saturated carbocycles. The Labute approximate surface area is 119 Å². The maximum Gasteiger partial charge on any atom is 0.269 e. The summed E-state index contributed by atoms with van der Waals surface area (Å²) < 4.78 is 0. The van der Waals surface area contributed by atoms with Crippen molar-refractivity contribution < 1.29 is 4.92 Å². The number of rotatable bonds is 6. The van der Waals surface area contributed by atoms with Crippen LogP contribution < -0.4 is 5.73 Å². The van der Waals surface area contributed by atoms with Gasteiger partial charge in [-0.1, -0.05) is 12.1 Å². The quantitative estimate of drug-likeness (QED) is 0.639. The molecule has 1 aromatic rings. The fourth-order valence-corrected chi connectivity index (χ4v) is 2.90. The van der Waals surface area contributed by atoms with E-state index in [1.165, 1.54) is 12.8 Å². The summed E-state index contributed by atoms with van der Waals surface area (Å²) in [7, 11) is 0. The molecule has 20 heavy (non-hydrogen) atoms. The summed E-state index contributed by atoms with van der Waals surface area (Å²) in [5, 5.41) is 10.6. The van der Waals surface area contributed by atoms with Crippen molar-refractivity contribution in [3.05, 3.63) is 39.9 Å². The van der Waals surface area contributed by atoms with Gasteiger partial charge < -0.3 is 10.6 Å². The molecule has 1 aliphatic rings. The van der Waals surface area contributed by atoms with Crippen molar-refractivity contribution in [2.24, 2.45) is 11.7 Å². The molecular formula is C15H23N3O2. The number of likely N-dealkylation sites (tertiary alicyclic amines) is 1. The summed E-state index contributed by atoms with van der Waals surface area (Å²) in [5.41, 5.74) is 6.96. The first-order valence-electron chi connectivity index (χ1n) is 7.35. The zero-order valence-electron chi connectivity index (χ0n) is 11.8. The third-order valence-electron chi connectivity index (χ3n) is 4.04. The minimum atomic E-state index is -0.355. The molecule has 1 heterocycles. The molecule has 0 spiro atoms. The molecule has 1 aromatic carbocycles. The first-order valence-corrected chi connectivity index (χ1v) is 7.35. The van der Waals surface area contributed by atoms with E-state index in [0.29, 0.717) is 0 Å². The number of nitro groups is 1. The van der Waals surface area contributed by atoms with Gasteiger partial charge in [-0.05, 0) is 50.3 Å². The van der Waals surface area contributed by atoms with E-state index in [0.717, 1.165) is 50.5 Å². The molecule has 2 rings (SSSR count). The smallest absolute Gasteiger partial charge is 0.269 e. The van der Waals surface area contributed by atoms with Crippen molar-refractivity contribution in [1.29, 1.82) is 0 Å². The van der Waals surface area contributed by atoms with Crippen molar-refractivity contribution in [3.8, 4) is 0 Å².